The first kappa shape index (κ1) is 18.7. The second-order valence-corrected chi connectivity index (χ2v) is 7.92. The summed E-state index contributed by atoms with van der Waals surface area (Å²) >= 11 is 1.74. The van der Waals surface area contributed by atoms with E-state index in [-0.39, 0.29) is 0 Å². The minimum atomic E-state index is 0.679. The van der Waals surface area contributed by atoms with Crippen molar-refractivity contribution < 1.29 is 4.74 Å². The maximum absolute atomic E-state index is 6.04. The van der Waals surface area contributed by atoms with Crippen molar-refractivity contribution >= 4 is 17.3 Å². The summed E-state index contributed by atoms with van der Waals surface area (Å²) in [6.07, 6.45) is 5.58. The maximum atomic E-state index is 6.04. The molecule has 1 aliphatic carbocycles. The molecule has 5 nitrogen and oxygen atoms in total. The van der Waals surface area contributed by atoms with Crippen molar-refractivity contribution in [3.05, 3.63) is 45.4 Å². The van der Waals surface area contributed by atoms with Crippen molar-refractivity contribution in [3.63, 3.8) is 0 Å². The number of nitrogens with zero attached hydrogens (tertiary/aromatic N) is 2. The largest absolute Gasteiger partial charge is 0.493 e. The third kappa shape index (κ3) is 5.46. The minimum absolute atomic E-state index is 0.679. The molecule has 1 aliphatic rings. The van der Waals surface area contributed by atoms with Crippen LogP contribution < -0.4 is 15.4 Å². The minimum Gasteiger partial charge on any atom is -0.493 e. The van der Waals surface area contributed by atoms with Gasteiger partial charge in [0, 0.05) is 30.2 Å². The van der Waals surface area contributed by atoms with Gasteiger partial charge in [0.1, 0.15) is 10.8 Å². The number of rotatable bonds is 8. The summed E-state index contributed by atoms with van der Waals surface area (Å²) in [6, 6.07) is 6.38. The second-order valence-electron chi connectivity index (χ2n) is 6.72. The molecular weight excluding hydrogens is 344 g/mol. The van der Waals surface area contributed by atoms with Crippen LogP contribution in [0.5, 0.6) is 5.75 Å². The number of hydrogen-bond donors (Lipinski definition) is 2. The van der Waals surface area contributed by atoms with Crippen molar-refractivity contribution in [2.24, 2.45) is 10.9 Å². The summed E-state index contributed by atoms with van der Waals surface area (Å²) in [5.41, 5.74) is 2.37. The quantitative estimate of drug-likeness (QED) is 0.548. The lowest BCUT2D eigenvalue weighted by Gasteiger charge is -2.15. The van der Waals surface area contributed by atoms with Gasteiger partial charge in [-0.1, -0.05) is 19.1 Å². The number of aryl methyl sites for hydroxylation is 2. The van der Waals surface area contributed by atoms with E-state index in [0.29, 0.717) is 13.1 Å². The number of ether oxygens (including phenoxy) is 1. The molecule has 0 bridgehead atoms. The molecule has 0 unspecified atom stereocenters. The topological polar surface area (TPSA) is 58.5 Å². The van der Waals surface area contributed by atoms with E-state index in [0.717, 1.165) is 41.2 Å². The molecule has 0 spiro atoms. The highest BCUT2D eigenvalue weighted by atomic mass is 32.1. The highest BCUT2D eigenvalue weighted by Crippen LogP contribution is 2.30. The Labute approximate surface area is 159 Å². The molecule has 26 heavy (non-hydrogen) atoms. The number of benzene rings is 1. The van der Waals surface area contributed by atoms with Gasteiger partial charge in [-0.15, -0.1) is 11.3 Å². The van der Waals surface area contributed by atoms with Gasteiger partial charge in [-0.05, 0) is 43.7 Å². The predicted molar refractivity (Wildman–Crippen MR) is 108 cm³/mol. The van der Waals surface area contributed by atoms with Crippen LogP contribution in [0.1, 0.15) is 40.8 Å². The molecule has 2 N–H and O–H groups in total. The van der Waals surface area contributed by atoms with Crippen molar-refractivity contribution in [3.8, 4) is 5.75 Å². The van der Waals surface area contributed by atoms with E-state index in [2.05, 4.69) is 52.7 Å². The number of thiazole rings is 1. The zero-order chi connectivity index (χ0) is 18.4. The van der Waals surface area contributed by atoms with E-state index in [1.165, 1.54) is 23.3 Å². The van der Waals surface area contributed by atoms with Crippen molar-refractivity contribution in [2.75, 3.05) is 13.7 Å². The van der Waals surface area contributed by atoms with E-state index < -0.39 is 0 Å². The number of nitrogens with one attached hydrogen (secondary N) is 2. The first-order valence-corrected chi connectivity index (χ1v) is 10.1. The first-order valence-electron chi connectivity index (χ1n) is 9.28. The molecule has 0 radical (unpaired) electrons. The van der Waals surface area contributed by atoms with Crippen LogP contribution in [0, 0.1) is 12.8 Å². The molecule has 0 saturated heterocycles. The highest BCUT2D eigenvalue weighted by Gasteiger charge is 2.22. The molecule has 140 valence electrons. The van der Waals surface area contributed by atoms with Gasteiger partial charge in [0.2, 0.25) is 0 Å². The van der Waals surface area contributed by atoms with Crippen LogP contribution in [0.4, 0.5) is 0 Å². The fraction of sp³-hybridized carbons (Fsp3) is 0.500. The summed E-state index contributed by atoms with van der Waals surface area (Å²) in [6.45, 7) is 6.43. The average Bonchev–Trinajstić information content (AvgIpc) is 3.37. The fourth-order valence-electron chi connectivity index (χ4n) is 2.59. The Bertz CT molecular complexity index is 752. The molecule has 3 rings (SSSR count). The van der Waals surface area contributed by atoms with E-state index in [9.17, 15) is 0 Å². The standard InChI is InChI=1S/C20H28N4OS/c1-4-17-11-22-19(26-17)12-24-20(21-3)23-10-16-8-5-14(2)9-18(16)25-13-15-6-7-15/h5,8-9,11,15H,4,6-7,10,12-13H2,1-3H3,(H2,21,23,24). The summed E-state index contributed by atoms with van der Waals surface area (Å²) < 4.78 is 6.04. The lowest BCUT2D eigenvalue weighted by atomic mass is 10.1. The van der Waals surface area contributed by atoms with E-state index in [4.69, 9.17) is 4.74 Å². The highest BCUT2D eigenvalue weighted by molar-refractivity contribution is 7.11. The Balaban J connectivity index is 1.54. The lowest BCUT2D eigenvalue weighted by molar-refractivity contribution is 0.296. The van der Waals surface area contributed by atoms with Gasteiger partial charge in [0.15, 0.2) is 5.96 Å². The SMILES string of the molecule is CCc1cnc(CNC(=NC)NCc2ccc(C)cc2OCC2CC2)s1. The fourth-order valence-corrected chi connectivity index (χ4v) is 3.39. The van der Waals surface area contributed by atoms with Crippen LogP contribution in [-0.4, -0.2) is 24.6 Å². The second kappa shape index (κ2) is 9.03. The van der Waals surface area contributed by atoms with Gasteiger partial charge in [-0.3, -0.25) is 4.99 Å². The Morgan fingerprint density at radius 1 is 1.31 bits per heavy atom. The van der Waals surface area contributed by atoms with Crippen LogP contribution in [-0.2, 0) is 19.5 Å². The number of guanidine groups is 1. The van der Waals surface area contributed by atoms with Gasteiger partial charge >= 0.3 is 0 Å². The molecule has 1 saturated carbocycles. The van der Waals surface area contributed by atoms with Crippen molar-refractivity contribution in [1.29, 1.82) is 0 Å². The van der Waals surface area contributed by atoms with Crippen LogP contribution >= 0.6 is 11.3 Å². The molecule has 6 heteroatoms. The smallest absolute Gasteiger partial charge is 0.191 e. The molecule has 0 atom stereocenters. The van der Waals surface area contributed by atoms with E-state index >= 15 is 0 Å². The molecule has 0 amide bonds. The lowest BCUT2D eigenvalue weighted by Crippen LogP contribution is -2.36. The van der Waals surface area contributed by atoms with Crippen molar-refractivity contribution in [1.82, 2.24) is 15.6 Å². The van der Waals surface area contributed by atoms with Crippen LogP contribution in [0.2, 0.25) is 0 Å². The van der Waals surface area contributed by atoms with Crippen LogP contribution in [0.15, 0.2) is 29.4 Å². The van der Waals surface area contributed by atoms with Gasteiger partial charge in [-0.2, -0.15) is 0 Å². The summed E-state index contributed by atoms with van der Waals surface area (Å²) in [4.78, 5) is 10.0. The van der Waals surface area contributed by atoms with Crippen LogP contribution in [0.3, 0.4) is 0 Å². The van der Waals surface area contributed by atoms with Gasteiger partial charge in [0.05, 0.1) is 13.2 Å². The van der Waals surface area contributed by atoms with E-state index in [1.807, 2.05) is 6.20 Å². The number of aromatic nitrogens is 1. The van der Waals surface area contributed by atoms with Crippen molar-refractivity contribution in [2.45, 2.75) is 46.2 Å². The molecule has 2 aromatic rings. The number of aliphatic imine (C=N–C) groups is 1. The molecule has 0 aliphatic heterocycles. The number of hydrogen-bond acceptors (Lipinski definition) is 4. The normalized spacial score (nSPS) is 14.3. The Morgan fingerprint density at radius 3 is 2.81 bits per heavy atom. The monoisotopic (exact) mass is 372 g/mol. The maximum Gasteiger partial charge on any atom is 0.191 e. The van der Waals surface area contributed by atoms with Crippen LogP contribution in [0.25, 0.3) is 0 Å². The molecule has 1 aromatic carbocycles. The molecular formula is C20H28N4OS. The van der Waals surface area contributed by atoms with Gasteiger partial charge in [-0.25, -0.2) is 4.98 Å². The summed E-state index contributed by atoms with van der Waals surface area (Å²) in [7, 11) is 1.79. The summed E-state index contributed by atoms with van der Waals surface area (Å²) in [5, 5.41) is 7.78. The van der Waals surface area contributed by atoms with E-state index in [1.54, 1.807) is 18.4 Å². The van der Waals surface area contributed by atoms with Gasteiger partial charge < -0.3 is 15.4 Å². The Morgan fingerprint density at radius 2 is 2.12 bits per heavy atom. The first-order chi connectivity index (χ1) is 12.7. The van der Waals surface area contributed by atoms with Gasteiger partial charge in [0.25, 0.3) is 0 Å². The molecule has 1 aromatic heterocycles. The molecule has 1 heterocycles. The Hall–Kier alpha value is -2.08. The Kier molecular flexibility index (Phi) is 6.50. The summed E-state index contributed by atoms with van der Waals surface area (Å²) in [5.74, 6) is 2.50. The average molecular weight is 373 g/mol. The molecule has 1 fully saturated rings. The zero-order valence-corrected chi connectivity index (χ0v) is 16.7. The third-order valence-corrected chi connectivity index (χ3v) is 5.56. The predicted octanol–water partition coefficient (Wildman–Crippen LogP) is 3.67. The third-order valence-electron chi connectivity index (χ3n) is 4.42. The zero-order valence-electron chi connectivity index (χ0n) is 15.8.